The Bertz CT molecular complexity index is 668. The number of aryl methyl sites for hydroxylation is 1. The quantitative estimate of drug-likeness (QED) is 0.547. The van der Waals surface area contributed by atoms with Gasteiger partial charge in [-0.15, -0.1) is 0 Å². The summed E-state index contributed by atoms with van der Waals surface area (Å²) in [4.78, 5) is 0. The lowest BCUT2D eigenvalue weighted by Gasteiger charge is -2.27. The van der Waals surface area contributed by atoms with Crippen molar-refractivity contribution in [3.8, 4) is 0 Å². The summed E-state index contributed by atoms with van der Waals surface area (Å²) in [5, 5.41) is 0. The van der Waals surface area contributed by atoms with Crippen molar-refractivity contribution in [2.45, 2.75) is 53.9 Å². The van der Waals surface area contributed by atoms with Crippen LogP contribution in [0.15, 0.2) is 53.6 Å². The molecule has 0 N–H and O–H groups in total. The van der Waals surface area contributed by atoms with Crippen molar-refractivity contribution in [2.75, 3.05) is 0 Å². The minimum Gasteiger partial charge on any atom is -0.0693 e. The summed E-state index contributed by atoms with van der Waals surface area (Å²) in [6.45, 7) is 11.8. The van der Waals surface area contributed by atoms with Crippen molar-refractivity contribution in [1.29, 1.82) is 0 Å². The van der Waals surface area contributed by atoms with Crippen LogP contribution in [0.25, 0.3) is 6.08 Å². The van der Waals surface area contributed by atoms with Gasteiger partial charge in [-0.1, -0.05) is 80.5 Å². The highest BCUT2D eigenvalue weighted by atomic mass is 14.4. The normalized spacial score (nSPS) is 31.4. The van der Waals surface area contributed by atoms with Crippen LogP contribution in [-0.4, -0.2) is 0 Å². The Morgan fingerprint density at radius 1 is 1.04 bits per heavy atom. The molecule has 1 aromatic carbocycles. The molecule has 4 atom stereocenters. The minimum atomic E-state index is 0.728. The van der Waals surface area contributed by atoms with Gasteiger partial charge in [0.05, 0.1) is 0 Å². The number of fused-ring (bicyclic) bond motifs is 1. The van der Waals surface area contributed by atoms with Crippen LogP contribution < -0.4 is 0 Å². The van der Waals surface area contributed by atoms with E-state index in [0.29, 0.717) is 0 Å². The van der Waals surface area contributed by atoms with Crippen LogP contribution in [0.4, 0.5) is 0 Å². The molecule has 1 saturated carbocycles. The van der Waals surface area contributed by atoms with Gasteiger partial charge >= 0.3 is 0 Å². The van der Waals surface area contributed by atoms with E-state index in [-0.39, 0.29) is 0 Å². The number of rotatable bonds is 3. The zero-order chi connectivity index (χ0) is 18.0. The molecule has 0 aliphatic heterocycles. The number of allylic oxidation sites excluding steroid dienone is 5. The van der Waals surface area contributed by atoms with E-state index in [1.807, 2.05) is 0 Å². The van der Waals surface area contributed by atoms with Gasteiger partial charge in [-0.2, -0.15) is 0 Å². The van der Waals surface area contributed by atoms with Gasteiger partial charge in [-0.05, 0) is 73.8 Å². The lowest BCUT2D eigenvalue weighted by atomic mass is 9.77. The lowest BCUT2D eigenvalue weighted by molar-refractivity contribution is 0.299. The molecule has 0 spiro atoms. The third-order valence-corrected chi connectivity index (χ3v) is 6.56. The maximum atomic E-state index is 2.48. The second-order valence-corrected chi connectivity index (χ2v) is 8.75. The SMILES string of the molecule is CC1=CC(=CC=Cc2ccc(C)cc2)C2C(C)CCC(C(C)C)CC12. The molecule has 2 aliphatic carbocycles. The van der Waals surface area contributed by atoms with Gasteiger partial charge in [-0.25, -0.2) is 0 Å². The standard InChI is InChI=1S/C25H34/c1-17(2)22-14-11-19(4)25-23(15-20(5)24(25)16-22)8-6-7-21-12-9-18(3)10-13-21/h6-10,12-13,15,17,19,22,24-25H,11,14,16H2,1-5H3. The second-order valence-electron chi connectivity index (χ2n) is 8.75. The Hall–Kier alpha value is -1.56. The maximum Gasteiger partial charge on any atom is -0.00705 e. The van der Waals surface area contributed by atoms with Gasteiger partial charge in [0.15, 0.2) is 0 Å². The van der Waals surface area contributed by atoms with Gasteiger partial charge in [0, 0.05) is 0 Å². The molecule has 0 amide bonds. The van der Waals surface area contributed by atoms with Crippen LogP contribution in [0.3, 0.4) is 0 Å². The number of benzene rings is 1. The molecule has 0 heterocycles. The topological polar surface area (TPSA) is 0 Å². The highest BCUT2D eigenvalue weighted by molar-refractivity contribution is 5.53. The Morgan fingerprint density at radius 2 is 1.76 bits per heavy atom. The molecule has 4 unspecified atom stereocenters. The van der Waals surface area contributed by atoms with Crippen LogP contribution in [0.5, 0.6) is 0 Å². The molecular formula is C25H34. The second kappa shape index (κ2) is 7.77. The average Bonchev–Trinajstić information content (AvgIpc) is 2.76. The van der Waals surface area contributed by atoms with E-state index in [1.165, 1.54) is 30.4 Å². The zero-order valence-electron chi connectivity index (χ0n) is 16.6. The molecule has 1 aromatic rings. The third kappa shape index (κ3) is 4.17. The summed E-state index contributed by atoms with van der Waals surface area (Å²) in [5.41, 5.74) is 5.77. The van der Waals surface area contributed by atoms with Gasteiger partial charge in [0.25, 0.3) is 0 Å². The monoisotopic (exact) mass is 334 g/mol. The predicted octanol–water partition coefficient (Wildman–Crippen LogP) is 7.22. The first-order valence-corrected chi connectivity index (χ1v) is 10.1. The fourth-order valence-electron chi connectivity index (χ4n) is 4.85. The first-order valence-electron chi connectivity index (χ1n) is 10.1. The van der Waals surface area contributed by atoms with E-state index in [1.54, 1.807) is 11.1 Å². The van der Waals surface area contributed by atoms with E-state index in [4.69, 9.17) is 0 Å². The third-order valence-electron chi connectivity index (χ3n) is 6.56. The van der Waals surface area contributed by atoms with Gasteiger partial charge in [0.2, 0.25) is 0 Å². The van der Waals surface area contributed by atoms with Crippen molar-refractivity contribution in [3.63, 3.8) is 0 Å². The van der Waals surface area contributed by atoms with Crippen LogP contribution in [-0.2, 0) is 0 Å². The molecule has 0 heteroatoms. The Labute approximate surface area is 154 Å². The molecule has 0 radical (unpaired) electrons. The van der Waals surface area contributed by atoms with Crippen molar-refractivity contribution in [2.24, 2.45) is 29.6 Å². The van der Waals surface area contributed by atoms with E-state index >= 15 is 0 Å². The lowest BCUT2D eigenvalue weighted by Crippen LogP contribution is -2.19. The summed E-state index contributed by atoms with van der Waals surface area (Å²) in [7, 11) is 0. The fourth-order valence-corrected chi connectivity index (χ4v) is 4.85. The molecule has 0 bridgehead atoms. The van der Waals surface area contributed by atoms with Crippen LogP contribution in [0.2, 0.25) is 0 Å². The molecule has 0 aromatic heterocycles. The number of hydrogen-bond donors (Lipinski definition) is 0. The summed E-state index contributed by atoms with van der Waals surface area (Å²) in [5.74, 6) is 3.99. The van der Waals surface area contributed by atoms with Crippen LogP contribution >= 0.6 is 0 Å². The summed E-state index contributed by atoms with van der Waals surface area (Å²) >= 11 is 0. The Morgan fingerprint density at radius 3 is 2.44 bits per heavy atom. The molecule has 0 nitrogen and oxygen atoms in total. The molecule has 25 heavy (non-hydrogen) atoms. The minimum absolute atomic E-state index is 0.728. The highest BCUT2D eigenvalue weighted by Crippen LogP contribution is 2.49. The highest BCUT2D eigenvalue weighted by Gasteiger charge is 2.39. The van der Waals surface area contributed by atoms with E-state index in [9.17, 15) is 0 Å². The smallest absolute Gasteiger partial charge is 0.00705 e. The van der Waals surface area contributed by atoms with Crippen molar-refractivity contribution < 1.29 is 0 Å². The Kier molecular flexibility index (Phi) is 5.67. The molecule has 0 saturated heterocycles. The molecule has 134 valence electrons. The largest absolute Gasteiger partial charge is 0.0693 e. The van der Waals surface area contributed by atoms with Crippen LogP contribution in [0, 0.1) is 36.5 Å². The van der Waals surface area contributed by atoms with Gasteiger partial charge in [-0.3, -0.25) is 0 Å². The first kappa shape index (κ1) is 18.2. The average molecular weight is 335 g/mol. The molecule has 2 aliphatic rings. The summed E-state index contributed by atoms with van der Waals surface area (Å²) in [6.07, 6.45) is 13.5. The molecule has 1 fully saturated rings. The predicted molar refractivity (Wildman–Crippen MR) is 110 cm³/mol. The van der Waals surface area contributed by atoms with Gasteiger partial charge in [0.1, 0.15) is 0 Å². The molecular weight excluding hydrogens is 300 g/mol. The summed E-state index contributed by atoms with van der Waals surface area (Å²) in [6, 6.07) is 8.76. The fraction of sp³-hybridized carbons (Fsp3) is 0.520. The van der Waals surface area contributed by atoms with Crippen molar-refractivity contribution in [3.05, 3.63) is 64.8 Å². The summed E-state index contributed by atoms with van der Waals surface area (Å²) < 4.78 is 0. The maximum absolute atomic E-state index is 2.48. The first-order chi connectivity index (χ1) is 12.0. The Balaban J connectivity index is 1.79. The van der Waals surface area contributed by atoms with Crippen LogP contribution in [0.1, 0.15) is 58.1 Å². The van der Waals surface area contributed by atoms with E-state index < -0.39 is 0 Å². The zero-order valence-corrected chi connectivity index (χ0v) is 16.6. The van der Waals surface area contributed by atoms with Gasteiger partial charge < -0.3 is 0 Å². The van der Waals surface area contributed by atoms with E-state index in [0.717, 1.165) is 29.6 Å². The van der Waals surface area contributed by atoms with E-state index in [2.05, 4.69) is 83.2 Å². The number of hydrogen-bond acceptors (Lipinski definition) is 0. The van der Waals surface area contributed by atoms with Crippen molar-refractivity contribution >= 4 is 6.08 Å². The molecule has 3 rings (SSSR count). The van der Waals surface area contributed by atoms with Crippen molar-refractivity contribution in [1.82, 2.24) is 0 Å².